The third kappa shape index (κ3) is 5.27. The number of nitrogens with zero attached hydrogens (tertiary/aromatic N) is 3. The Morgan fingerprint density at radius 1 is 1.22 bits per heavy atom. The molecule has 0 saturated carbocycles. The number of hydrogen-bond acceptors (Lipinski definition) is 6. The molecule has 3 N–H and O–H groups in total. The molecule has 27 heavy (non-hydrogen) atoms. The summed E-state index contributed by atoms with van der Waals surface area (Å²) in [6, 6.07) is 6.75. The largest absolute Gasteiger partial charge is 0.321 e. The minimum absolute atomic E-state index is 0.0677. The Kier molecular flexibility index (Phi) is 6.07. The minimum atomic E-state index is -3.33. The van der Waals surface area contributed by atoms with E-state index in [1.54, 1.807) is 42.1 Å². The fourth-order valence-corrected chi connectivity index (χ4v) is 4.08. The van der Waals surface area contributed by atoms with Crippen LogP contribution >= 0.6 is 0 Å². The lowest BCUT2D eigenvalue weighted by atomic mass is 10.1. The first-order valence-corrected chi connectivity index (χ1v) is 10.7. The fourth-order valence-electron chi connectivity index (χ4n) is 2.95. The predicted molar refractivity (Wildman–Crippen MR) is 103 cm³/mol. The van der Waals surface area contributed by atoms with E-state index in [0.717, 1.165) is 25.9 Å². The van der Waals surface area contributed by atoms with Gasteiger partial charge in [0, 0.05) is 11.4 Å². The molecule has 1 saturated heterocycles. The summed E-state index contributed by atoms with van der Waals surface area (Å²) in [5.41, 5.74) is 1.26. The molecule has 146 valence electrons. The average molecular weight is 392 g/mol. The number of nitrogens with one attached hydrogen (secondary N) is 3. The van der Waals surface area contributed by atoms with Crippen molar-refractivity contribution < 1.29 is 13.2 Å². The third-order valence-corrected chi connectivity index (χ3v) is 5.81. The van der Waals surface area contributed by atoms with E-state index < -0.39 is 10.0 Å². The molecule has 0 aliphatic carbocycles. The Labute approximate surface area is 158 Å². The van der Waals surface area contributed by atoms with E-state index in [9.17, 15) is 13.2 Å². The third-order valence-electron chi connectivity index (χ3n) is 4.31. The number of carbonyl (C=O) groups excluding carboxylic acids is 1. The lowest BCUT2D eigenvalue weighted by Gasteiger charge is -2.22. The Balaban J connectivity index is 1.60. The molecule has 2 aromatic rings. The monoisotopic (exact) mass is 392 g/mol. The van der Waals surface area contributed by atoms with Crippen LogP contribution in [0.15, 0.2) is 30.5 Å². The van der Waals surface area contributed by atoms with E-state index >= 15 is 0 Å². The zero-order valence-electron chi connectivity index (χ0n) is 15.2. The van der Waals surface area contributed by atoms with Gasteiger partial charge < -0.3 is 10.6 Å². The van der Waals surface area contributed by atoms with Gasteiger partial charge in [-0.05, 0) is 56.6 Å². The predicted octanol–water partition coefficient (Wildman–Crippen LogP) is 1.61. The van der Waals surface area contributed by atoms with Crippen LogP contribution in [-0.2, 0) is 10.0 Å². The maximum atomic E-state index is 12.4. The van der Waals surface area contributed by atoms with Crippen LogP contribution in [0.4, 0.5) is 11.4 Å². The number of rotatable bonds is 7. The van der Waals surface area contributed by atoms with E-state index in [0.29, 0.717) is 17.8 Å². The Morgan fingerprint density at radius 2 is 1.89 bits per heavy atom. The normalized spacial score (nSPS) is 15.4. The van der Waals surface area contributed by atoms with Crippen molar-refractivity contribution in [2.45, 2.75) is 32.2 Å². The quantitative estimate of drug-likeness (QED) is 0.659. The molecule has 1 aliphatic rings. The highest BCUT2D eigenvalue weighted by Gasteiger charge is 2.19. The lowest BCUT2D eigenvalue weighted by Crippen LogP contribution is -2.29. The summed E-state index contributed by atoms with van der Waals surface area (Å²) < 4.78 is 27.8. The molecule has 0 bridgehead atoms. The molecule has 1 aromatic heterocycles. The van der Waals surface area contributed by atoms with Gasteiger partial charge in [0.2, 0.25) is 10.0 Å². The van der Waals surface area contributed by atoms with Gasteiger partial charge in [-0.1, -0.05) is 12.1 Å². The summed E-state index contributed by atoms with van der Waals surface area (Å²) in [5.74, 6) is -0.285. The van der Waals surface area contributed by atoms with Crippen molar-refractivity contribution in [3.63, 3.8) is 0 Å². The number of carbonyl (C=O) groups is 1. The number of anilines is 2. The average Bonchev–Trinajstić information content (AvgIpc) is 3.14. The van der Waals surface area contributed by atoms with Gasteiger partial charge in [0.15, 0.2) is 5.69 Å². The zero-order valence-corrected chi connectivity index (χ0v) is 16.0. The van der Waals surface area contributed by atoms with Crippen LogP contribution in [0.25, 0.3) is 0 Å². The molecule has 1 amide bonds. The van der Waals surface area contributed by atoms with Crippen molar-refractivity contribution in [1.82, 2.24) is 20.3 Å². The van der Waals surface area contributed by atoms with Crippen LogP contribution in [0.5, 0.6) is 0 Å². The van der Waals surface area contributed by atoms with Gasteiger partial charge in [0.05, 0.1) is 18.0 Å². The van der Waals surface area contributed by atoms with Crippen LogP contribution in [0.1, 0.15) is 42.7 Å². The zero-order chi connectivity index (χ0) is 19.3. The molecule has 0 radical (unpaired) electrons. The molecule has 0 atom stereocenters. The summed E-state index contributed by atoms with van der Waals surface area (Å²) in [6.07, 6.45) is 4.12. The van der Waals surface area contributed by atoms with E-state index in [4.69, 9.17) is 0 Å². The van der Waals surface area contributed by atoms with E-state index in [-0.39, 0.29) is 23.4 Å². The van der Waals surface area contributed by atoms with Gasteiger partial charge in [-0.15, -0.1) is 5.10 Å². The molecule has 1 fully saturated rings. The van der Waals surface area contributed by atoms with Crippen molar-refractivity contribution in [2.24, 2.45) is 0 Å². The summed E-state index contributed by atoms with van der Waals surface area (Å²) in [7, 11) is -3.33. The molecule has 0 spiro atoms. The second-order valence-electron chi connectivity index (χ2n) is 6.52. The van der Waals surface area contributed by atoms with Crippen LogP contribution < -0.4 is 15.4 Å². The van der Waals surface area contributed by atoms with E-state index in [1.165, 1.54) is 0 Å². The van der Waals surface area contributed by atoms with Crippen LogP contribution in [-0.4, -0.2) is 48.2 Å². The first kappa shape index (κ1) is 19.3. The lowest BCUT2D eigenvalue weighted by molar-refractivity contribution is 0.102. The standard InChI is InChI=1S/C17H24N6O3S/c1-2-11-27(25,26)21-14-5-3-13(4-6-14)19-17(24)16-12-23(22-20-16)15-7-9-18-10-8-15/h3-6,12,15,18,21H,2,7-11H2,1H3,(H,19,24). The van der Waals surface area contributed by atoms with E-state index in [2.05, 4.69) is 25.7 Å². The minimum Gasteiger partial charge on any atom is -0.321 e. The molecule has 1 aromatic carbocycles. The molecule has 9 nitrogen and oxygen atoms in total. The topological polar surface area (TPSA) is 118 Å². The number of hydrogen-bond donors (Lipinski definition) is 3. The summed E-state index contributed by atoms with van der Waals surface area (Å²) >= 11 is 0. The summed E-state index contributed by atoms with van der Waals surface area (Å²) in [5, 5.41) is 14.1. The SMILES string of the molecule is CCCS(=O)(=O)Nc1ccc(NC(=O)c2cn(C3CCNCC3)nn2)cc1. The maximum absolute atomic E-state index is 12.4. The number of amides is 1. The van der Waals surface area contributed by atoms with Crippen LogP contribution in [0.3, 0.4) is 0 Å². The molecule has 1 aliphatic heterocycles. The Morgan fingerprint density at radius 3 is 2.56 bits per heavy atom. The van der Waals surface area contributed by atoms with Gasteiger partial charge >= 0.3 is 0 Å². The molecular formula is C17H24N6O3S. The first-order chi connectivity index (χ1) is 13.0. The molecular weight excluding hydrogens is 368 g/mol. The molecule has 0 unspecified atom stereocenters. The second-order valence-corrected chi connectivity index (χ2v) is 8.36. The molecule has 3 rings (SSSR count). The number of sulfonamides is 1. The van der Waals surface area contributed by atoms with Gasteiger partial charge in [0.25, 0.3) is 5.91 Å². The van der Waals surface area contributed by atoms with Gasteiger partial charge in [0.1, 0.15) is 0 Å². The fraction of sp³-hybridized carbons (Fsp3) is 0.471. The van der Waals surface area contributed by atoms with Gasteiger partial charge in [-0.25, -0.2) is 13.1 Å². The number of benzene rings is 1. The van der Waals surface area contributed by atoms with Gasteiger partial charge in [-0.2, -0.15) is 0 Å². The highest BCUT2D eigenvalue weighted by molar-refractivity contribution is 7.92. The van der Waals surface area contributed by atoms with Crippen molar-refractivity contribution in [3.8, 4) is 0 Å². The number of aromatic nitrogens is 3. The Hall–Kier alpha value is -2.46. The van der Waals surface area contributed by atoms with E-state index in [1.807, 2.05) is 0 Å². The van der Waals surface area contributed by atoms with Crippen molar-refractivity contribution in [1.29, 1.82) is 0 Å². The number of piperidine rings is 1. The van der Waals surface area contributed by atoms with Crippen LogP contribution in [0.2, 0.25) is 0 Å². The van der Waals surface area contributed by atoms with Crippen molar-refractivity contribution >= 4 is 27.3 Å². The van der Waals surface area contributed by atoms with Gasteiger partial charge in [-0.3, -0.25) is 9.52 Å². The second kappa shape index (κ2) is 8.49. The van der Waals surface area contributed by atoms with Crippen molar-refractivity contribution in [2.75, 3.05) is 28.9 Å². The first-order valence-electron chi connectivity index (χ1n) is 9.01. The maximum Gasteiger partial charge on any atom is 0.277 e. The summed E-state index contributed by atoms with van der Waals surface area (Å²) in [6.45, 7) is 3.67. The summed E-state index contributed by atoms with van der Waals surface area (Å²) in [4.78, 5) is 12.4. The highest BCUT2D eigenvalue weighted by Crippen LogP contribution is 2.18. The molecule has 2 heterocycles. The highest BCUT2D eigenvalue weighted by atomic mass is 32.2. The smallest absolute Gasteiger partial charge is 0.277 e. The van der Waals surface area contributed by atoms with Crippen LogP contribution in [0, 0.1) is 0 Å². The van der Waals surface area contributed by atoms with Crippen molar-refractivity contribution in [3.05, 3.63) is 36.2 Å². The molecule has 10 heteroatoms. The Bertz CT molecular complexity index is 872.